The van der Waals surface area contributed by atoms with Crippen LogP contribution in [0.1, 0.15) is 58.8 Å². The molecule has 3 fully saturated rings. The Morgan fingerprint density at radius 3 is 2.44 bits per heavy atom. The second-order valence-corrected chi connectivity index (χ2v) is 8.70. The number of carbonyl (C=O) groups is 2. The van der Waals surface area contributed by atoms with Gasteiger partial charge in [-0.3, -0.25) is 9.59 Å². The van der Waals surface area contributed by atoms with Crippen LogP contribution in [0.3, 0.4) is 0 Å². The van der Waals surface area contributed by atoms with Gasteiger partial charge in [-0.2, -0.15) is 0 Å². The van der Waals surface area contributed by atoms with Crippen LogP contribution in [0.25, 0.3) is 0 Å². The molecule has 0 unspecified atom stereocenters. The normalized spacial score (nSPS) is 31.2. The highest BCUT2D eigenvalue weighted by molar-refractivity contribution is 5.76. The van der Waals surface area contributed by atoms with Crippen molar-refractivity contribution in [1.82, 2.24) is 15.1 Å². The van der Waals surface area contributed by atoms with E-state index in [2.05, 4.69) is 10.2 Å². The highest BCUT2D eigenvalue weighted by atomic mass is 16.5. The summed E-state index contributed by atoms with van der Waals surface area (Å²) in [6.45, 7) is 8.44. The lowest BCUT2D eigenvalue weighted by atomic mass is 9.73. The number of hydrogen-bond acceptors (Lipinski definition) is 5. The topological polar surface area (TPSA) is 82.1 Å². The Kier molecular flexibility index (Phi) is 6.43. The van der Waals surface area contributed by atoms with E-state index in [1.54, 1.807) is 0 Å². The number of aliphatic hydroxyl groups is 1. The van der Waals surface area contributed by atoms with Crippen molar-refractivity contribution in [2.45, 2.75) is 76.0 Å². The van der Waals surface area contributed by atoms with Crippen LogP contribution in [-0.2, 0) is 14.3 Å². The second kappa shape index (κ2) is 8.45. The van der Waals surface area contributed by atoms with Gasteiger partial charge in [0.1, 0.15) is 6.10 Å². The zero-order chi connectivity index (χ0) is 19.5. The van der Waals surface area contributed by atoms with Crippen molar-refractivity contribution in [3.05, 3.63) is 0 Å². The van der Waals surface area contributed by atoms with Gasteiger partial charge in [0, 0.05) is 33.0 Å². The van der Waals surface area contributed by atoms with E-state index >= 15 is 0 Å². The highest BCUT2D eigenvalue weighted by Gasteiger charge is 2.53. The zero-order valence-electron chi connectivity index (χ0n) is 16.8. The fourth-order valence-electron chi connectivity index (χ4n) is 4.97. The summed E-state index contributed by atoms with van der Waals surface area (Å²) in [6.07, 6.45) is 5.12. The van der Waals surface area contributed by atoms with Crippen LogP contribution >= 0.6 is 0 Å². The lowest BCUT2D eigenvalue weighted by Crippen LogP contribution is -2.69. The minimum atomic E-state index is -0.768. The molecule has 7 nitrogen and oxygen atoms in total. The number of hydrogen-bond donors (Lipinski definition) is 2. The Morgan fingerprint density at radius 1 is 1.15 bits per heavy atom. The van der Waals surface area contributed by atoms with E-state index < -0.39 is 17.2 Å². The molecular weight excluding hydrogens is 346 g/mol. The maximum Gasteiger partial charge on any atom is 0.222 e. The van der Waals surface area contributed by atoms with Crippen molar-refractivity contribution in [2.75, 3.05) is 39.3 Å². The number of rotatable bonds is 5. The molecule has 0 aliphatic carbocycles. The molecule has 0 bridgehead atoms. The molecule has 0 aromatic carbocycles. The maximum atomic E-state index is 12.5. The third-order valence-corrected chi connectivity index (χ3v) is 6.60. The molecular formula is C20H35N3O4. The van der Waals surface area contributed by atoms with E-state index in [-0.39, 0.29) is 11.8 Å². The van der Waals surface area contributed by atoms with Crippen LogP contribution in [0.2, 0.25) is 0 Å². The summed E-state index contributed by atoms with van der Waals surface area (Å²) >= 11 is 0. The van der Waals surface area contributed by atoms with Crippen LogP contribution in [0.5, 0.6) is 0 Å². The number of carbonyl (C=O) groups excluding carboxylic acids is 2. The van der Waals surface area contributed by atoms with Gasteiger partial charge in [-0.15, -0.1) is 0 Å². The molecule has 2 N–H and O–H groups in total. The van der Waals surface area contributed by atoms with Gasteiger partial charge >= 0.3 is 0 Å². The van der Waals surface area contributed by atoms with Gasteiger partial charge < -0.3 is 25.0 Å². The molecule has 7 heteroatoms. The number of piperidine rings is 1. The molecule has 2 atom stereocenters. The second-order valence-electron chi connectivity index (χ2n) is 8.70. The van der Waals surface area contributed by atoms with Crippen molar-refractivity contribution >= 4 is 11.8 Å². The molecule has 3 heterocycles. The number of nitrogens with one attached hydrogen (secondary N) is 1. The molecule has 154 valence electrons. The number of nitrogens with zero attached hydrogens (tertiary/aromatic N) is 2. The summed E-state index contributed by atoms with van der Waals surface area (Å²) in [4.78, 5) is 28.4. The molecule has 0 radical (unpaired) electrons. The molecule has 3 aliphatic rings. The van der Waals surface area contributed by atoms with Gasteiger partial charge in [0.05, 0.1) is 11.1 Å². The quantitative estimate of drug-likeness (QED) is 0.739. The van der Waals surface area contributed by atoms with E-state index in [1.807, 2.05) is 11.8 Å². The largest absolute Gasteiger partial charge is 0.388 e. The highest BCUT2D eigenvalue weighted by Crippen LogP contribution is 2.40. The van der Waals surface area contributed by atoms with E-state index in [4.69, 9.17) is 4.74 Å². The minimum Gasteiger partial charge on any atom is -0.388 e. The molecule has 0 aromatic heterocycles. The Balaban J connectivity index is 1.49. The Bertz CT molecular complexity index is 541. The van der Waals surface area contributed by atoms with Gasteiger partial charge in [-0.1, -0.05) is 0 Å². The summed E-state index contributed by atoms with van der Waals surface area (Å²) < 4.78 is 6.03. The molecule has 0 saturated carbocycles. The third-order valence-electron chi connectivity index (χ3n) is 6.60. The summed E-state index contributed by atoms with van der Waals surface area (Å²) in [6, 6.07) is 0. The van der Waals surface area contributed by atoms with Crippen molar-refractivity contribution in [1.29, 1.82) is 0 Å². The maximum absolute atomic E-state index is 12.5. The molecule has 2 amide bonds. The van der Waals surface area contributed by atoms with Crippen molar-refractivity contribution in [2.24, 2.45) is 0 Å². The Hall–Kier alpha value is -1.18. The molecule has 1 spiro atoms. The predicted octanol–water partition coefficient (Wildman–Crippen LogP) is 0.900. The summed E-state index contributed by atoms with van der Waals surface area (Å²) in [5.74, 6) is 0.0678. The first-order valence-corrected chi connectivity index (χ1v) is 10.5. The van der Waals surface area contributed by atoms with E-state index in [1.165, 1.54) is 32.9 Å². The zero-order valence-corrected chi connectivity index (χ0v) is 16.8. The molecule has 3 aliphatic heterocycles. The summed E-state index contributed by atoms with van der Waals surface area (Å²) in [5, 5.41) is 13.9. The fourth-order valence-corrected chi connectivity index (χ4v) is 4.97. The predicted molar refractivity (Wildman–Crippen MR) is 102 cm³/mol. The number of amides is 2. The van der Waals surface area contributed by atoms with Crippen LogP contribution < -0.4 is 5.32 Å². The van der Waals surface area contributed by atoms with Gasteiger partial charge in [-0.25, -0.2) is 0 Å². The smallest absolute Gasteiger partial charge is 0.222 e. The third kappa shape index (κ3) is 4.63. The van der Waals surface area contributed by atoms with Gasteiger partial charge in [0.25, 0.3) is 0 Å². The first kappa shape index (κ1) is 20.6. The van der Waals surface area contributed by atoms with Crippen molar-refractivity contribution in [3.63, 3.8) is 0 Å². The molecule has 3 saturated heterocycles. The average Bonchev–Trinajstić information content (AvgIpc) is 3.13. The molecule has 0 aromatic rings. The van der Waals surface area contributed by atoms with Crippen LogP contribution in [-0.4, -0.2) is 83.3 Å². The lowest BCUT2D eigenvalue weighted by molar-refractivity contribution is -0.208. The summed E-state index contributed by atoms with van der Waals surface area (Å²) in [7, 11) is 0. The van der Waals surface area contributed by atoms with Gasteiger partial charge in [0.15, 0.2) is 0 Å². The first-order valence-electron chi connectivity index (χ1n) is 10.5. The van der Waals surface area contributed by atoms with Gasteiger partial charge in [-0.05, 0) is 65.1 Å². The Morgan fingerprint density at radius 2 is 1.81 bits per heavy atom. The first-order chi connectivity index (χ1) is 12.8. The standard InChI is InChI=1S/C20H35N3O4/c1-16(24)21-19(2)9-15-27-20(18(19)26)7-13-23(14-8-20)17(25)6-5-12-22-10-3-4-11-22/h18,26H,3-15H2,1-2H3,(H,21,24)/t18-,19+/m0/s1. The molecule has 3 rings (SSSR count). The molecule has 27 heavy (non-hydrogen) atoms. The van der Waals surface area contributed by atoms with E-state index in [0.717, 1.165) is 13.0 Å². The van der Waals surface area contributed by atoms with Crippen molar-refractivity contribution in [3.8, 4) is 0 Å². The number of likely N-dealkylation sites (tertiary alicyclic amines) is 2. The van der Waals surface area contributed by atoms with E-state index in [0.29, 0.717) is 45.4 Å². The van der Waals surface area contributed by atoms with Crippen LogP contribution in [0.4, 0.5) is 0 Å². The van der Waals surface area contributed by atoms with Crippen molar-refractivity contribution < 1.29 is 19.4 Å². The fraction of sp³-hybridized carbons (Fsp3) is 0.900. The Labute approximate surface area is 162 Å². The van der Waals surface area contributed by atoms with E-state index in [9.17, 15) is 14.7 Å². The van der Waals surface area contributed by atoms with Crippen LogP contribution in [0.15, 0.2) is 0 Å². The monoisotopic (exact) mass is 381 g/mol. The number of ether oxygens (including phenoxy) is 1. The van der Waals surface area contributed by atoms with Crippen LogP contribution in [0, 0.1) is 0 Å². The average molecular weight is 382 g/mol. The van der Waals surface area contributed by atoms with Gasteiger partial charge in [0.2, 0.25) is 11.8 Å². The lowest BCUT2D eigenvalue weighted by Gasteiger charge is -2.53. The number of aliphatic hydroxyl groups excluding tert-OH is 1. The SMILES string of the molecule is CC(=O)N[C@]1(C)CCOC2(CCN(C(=O)CCCN3CCCC3)CC2)[C@H]1O. The summed E-state index contributed by atoms with van der Waals surface area (Å²) in [5.41, 5.74) is -1.34. The minimum absolute atomic E-state index is 0.140.